The normalized spacial score (nSPS) is 21.8. The van der Waals surface area contributed by atoms with Crippen LogP contribution < -0.4 is 0 Å². The molecule has 142 valence electrons. The van der Waals surface area contributed by atoms with Crippen molar-refractivity contribution in [3.63, 3.8) is 0 Å². The Hall–Kier alpha value is -1.89. The van der Waals surface area contributed by atoms with Crippen LogP contribution in [0, 0.1) is 5.82 Å². The highest BCUT2D eigenvalue weighted by Gasteiger charge is 2.31. The van der Waals surface area contributed by atoms with Crippen LogP contribution in [0.15, 0.2) is 30.5 Å². The predicted molar refractivity (Wildman–Crippen MR) is 90.3 cm³/mol. The molecule has 7 heteroatoms. The van der Waals surface area contributed by atoms with Crippen LogP contribution in [-0.2, 0) is 6.18 Å². The first-order valence-corrected chi connectivity index (χ1v) is 8.92. The maximum absolute atomic E-state index is 13.9. The van der Waals surface area contributed by atoms with Gasteiger partial charge in [-0.05, 0) is 57.0 Å². The van der Waals surface area contributed by atoms with Gasteiger partial charge in [-0.3, -0.25) is 4.79 Å². The van der Waals surface area contributed by atoms with Crippen LogP contribution in [0.1, 0.15) is 41.6 Å². The van der Waals surface area contributed by atoms with Crippen LogP contribution in [0.2, 0.25) is 0 Å². The van der Waals surface area contributed by atoms with Gasteiger partial charge in [-0.15, -0.1) is 0 Å². The van der Waals surface area contributed by atoms with Gasteiger partial charge in [-0.1, -0.05) is 0 Å². The quantitative estimate of drug-likeness (QED) is 0.443. The second-order valence-corrected chi connectivity index (χ2v) is 6.91. The van der Waals surface area contributed by atoms with E-state index < -0.39 is 23.3 Å². The molecular formula is C19H22F4N2O. The van der Waals surface area contributed by atoms with E-state index in [2.05, 4.69) is 9.80 Å². The molecule has 0 N–H and O–H groups in total. The number of likely N-dealkylation sites (tertiary alicyclic amines) is 2. The minimum Gasteiger partial charge on any atom is -0.373 e. The molecule has 0 amide bonds. The fourth-order valence-electron chi connectivity index (χ4n) is 3.66. The number of ketones is 1. The lowest BCUT2D eigenvalue weighted by molar-refractivity contribution is -0.137. The van der Waals surface area contributed by atoms with Crippen molar-refractivity contribution < 1.29 is 22.4 Å². The molecule has 2 saturated heterocycles. The van der Waals surface area contributed by atoms with Gasteiger partial charge >= 0.3 is 6.18 Å². The van der Waals surface area contributed by atoms with Crippen LogP contribution in [0.4, 0.5) is 17.6 Å². The first kappa shape index (κ1) is 18.9. The van der Waals surface area contributed by atoms with Gasteiger partial charge in [0.05, 0.1) is 11.1 Å². The number of carbonyl (C=O) groups excluding carboxylic acids is 1. The van der Waals surface area contributed by atoms with Crippen LogP contribution in [-0.4, -0.2) is 47.8 Å². The standard InChI is InChI=1S/C19H22F4N2O/c20-17-12-14(19(21,22)23)5-6-16(17)18(26)7-11-25-10-3-4-15(25)13-24-8-1-2-9-24/h5-7,11-12,15H,1-4,8-10,13H2/b11-7+/t15-/m0/s1. The Labute approximate surface area is 150 Å². The molecule has 0 radical (unpaired) electrons. The zero-order chi connectivity index (χ0) is 18.7. The van der Waals surface area contributed by atoms with E-state index >= 15 is 0 Å². The highest BCUT2D eigenvalue weighted by Crippen LogP contribution is 2.30. The van der Waals surface area contributed by atoms with E-state index in [1.54, 1.807) is 6.20 Å². The van der Waals surface area contributed by atoms with Gasteiger partial charge < -0.3 is 9.80 Å². The van der Waals surface area contributed by atoms with Crippen molar-refractivity contribution in [2.75, 3.05) is 26.2 Å². The highest BCUT2D eigenvalue weighted by atomic mass is 19.4. The third-order valence-corrected chi connectivity index (χ3v) is 5.07. The molecule has 1 aromatic rings. The van der Waals surface area contributed by atoms with Crippen LogP contribution in [0.5, 0.6) is 0 Å². The van der Waals surface area contributed by atoms with Crippen LogP contribution in [0.3, 0.4) is 0 Å². The molecule has 26 heavy (non-hydrogen) atoms. The topological polar surface area (TPSA) is 23.6 Å². The molecule has 0 aromatic heterocycles. The van der Waals surface area contributed by atoms with Crippen molar-refractivity contribution in [2.24, 2.45) is 0 Å². The summed E-state index contributed by atoms with van der Waals surface area (Å²) < 4.78 is 51.7. The fourth-order valence-corrected chi connectivity index (χ4v) is 3.66. The predicted octanol–water partition coefficient (Wildman–Crippen LogP) is 4.10. The van der Waals surface area contributed by atoms with Gasteiger partial charge in [-0.2, -0.15) is 13.2 Å². The maximum atomic E-state index is 13.9. The lowest BCUT2D eigenvalue weighted by Crippen LogP contribution is -2.36. The summed E-state index contributed by atoms with van der Waals surface area (Å²) in [6.45, 7) is 3.98. The van der Waals surface area contributed by atoms with Crippen molar-refractivity contribution in [1.82, 2.24) is 9.80 Å². The van der Waals surface area contributed by atoms with Crippen molar-refractivity contribution in [3.05, 3.63) is 47.4 Å². The molecule has 0 unspecified atom stereocenters. The summed E-state index contributed by atoms with van der Waals surface area (Å²) in [6, 6.07) is 2.33. The summed E-state index contributed by atoms with van der Waals surface area (Å²) in [6.07, 6.45) is 2.80. The van der Waals surface area contributed by atoms with Gasteiger partial charge in [0.1, 0.15) is 5.82 Å². The van der Waals surface area contributed by atoms with Crippen molar-refractivity contribution >= 4 is 5.78 Å². The number of halogens is 4. The van der Waals surface area contributed by atoms with E-state index in [4.69, 9.17) is 0 Å². The summed E-state index contributed by atoms with van der Waals surface area (Å²) in [5.74, 6) is -1.77. The van der Waals surface area contributed by atoms with Crippen molar-refractivity contribution in [3.8, 4) is 0 Å². The SMILES string of the molecule is O=C(/C=C/N1CCC[C@H]1CN1CCCC1)c1ccc(C(F)(F)F)cc1F. The average Bonchev–Trinajstić information content (AvgIpc) is 3.24. The van der Waals surface area contributed by atoms with E-state index in [0.717, 1.165) is 51.2 Å². The summed E-state index contributed by atoms with van der Waals surface area (Å²) in [7, 11) is 0. The number of rotatable bonds is 5. The number of nitrogens with zero attached hydrogens (tertiary/aromatic N) is 2. The van der Waals surface area contributed by atoms with E-state index in [1.807, 2.05) is 0 Å². The number of allylic oxidation sites excluding steroid dienone is 1. The molecule has 2 heterocycles. The molecule has 2 aliphatic rings. The van der Waals surface area contributed by atoms with E-state index in [1.165, 1.54) is 18.9 Å². The van der Waals surface area contributed by atoms with E-state index in [-0.39, 0.29) is 5.56 Å². The second-order valence-electron chi connectivity index (χ2n) is 6.91. The minimum absolute atomic E-state index is 0.328. The average molecular weight is 370 g/mol. The number of hydrogen-bond donors (Lipinski definition) is 0. The van der Waals surface area contributed by atoms with Crippen LogP contribution in [0.25, 0.3) is 0 Å². The Morgan fingerprint density at radius 1 is 1.15 bits per heavy atom. The Bertz CT molecular complexity index is 681. The second kappa shape index (κ2) is 7.78. The van der Waals surface area contributed by atoms with Gasteiger partial charge in [0.15, 0.2) is 5.78 Å². The Morgan fingerprint density at radius 2 is 1.88 bits per heavy atom. The van der Waals surface area contributed by atoms with Crippen molar-refractivity contribution in [2.45, 2.75) is 37.9 Å². The molecule has 3 nitrogen and oxygen atoms in total. The molecular weight excluding hydrogens is 348 g/mol. The molecule has 2 fully saturated rings. The Balaban J connectivity index is 1.65. The highest BCUT2D eigenvalue weighted by molar-refractivity contribution is 6.04. The Morgan fingerprint density at radius 3 is 2.54 bits per heavy atom. The van der Waals surface area contributed by atoms with Crippen molar-refractivity contribution in [1.29, 1.82) is 0 Å². The van der Waals surface area contributed by atoms with E-state index in [9.17, 15) is 22.4 Å². The van der Waals surface area contributed by atoms with Crippen LogP contribution >= 0.6 is 0 Å². The molecule has 1 aromatic carbocycles. The zero-order valence-corrected chi connectivity index (χ0v) is 14.4. The van der Waals surface area contributed by atoms with Gasteiger partial charge in [-0.25, -0.2) is 4.39 Å². The lowest BCUT2D eigenvalue weighted by Gasteiger charge is -2.27. The third-order valence-electron chi connectivity index (χ3n) is 5.07. The summed E-state index contributed by atoms with van der Waals surface area (Å²) >= 11 is 0. The number of carbonyl (C=O) groups is 1. The Kier molecular flexibility index (Phi) is 5.65. The molecule has 0 saturated carbocycles. The largest absolute Gasteiger partial charge is 0.416 e. The summed E-state index contributed by atoms with van der Waals surface area (Å²) in [5, 5.41) is 0. The van der Waals surface area contributed by atoms with E-state index in [0.29, 0.717) is 12.1 Å². The van der Waals surface area contributed by atoms with Gasteiger partial charge in [0.2, 0.25) is 0 Å². The number of hydrogen-bond acceptors (Lipinski definition) is 3. The smallest absolute Gasteiger partial charge is 0.373 e. The maximum Gasteiger partial charge on any atom is 0.416 e. The molecule has 0 bridgehead atoms. The zero-order valence-electron chi connectivity index (χ0n) is 14.4. The molecule has 0 spiro atoms. The lowest BCUT2D eigenvalue weighted by atomic mass is 10.1. The van der Waals surface area contributed by atoms with Gasteiger partial charge in [0.25, 0.3) is 0 Å². The fraction of sp³-hybridized carbons (Fsp3) is 0.526. The molecule has 1 atom stereocenters. The first-order chi connectivity index (χ1) is 12.3. The summed E-state index contributed by atoms with van der Waals surface area (Å²) in [5.41, 5.74) is -1.44. The third kappa shape index (κ3) is 4.44. The van der Waals surface area contributed by atoms with Gasteiger partial charge in [0, 0.05) is 31.4 Å². The first-order valence-electron chi connectivity index (χ1n) is 8.92. The molecule has 2 aliphatic heterocycles. The summed E-state index contributed by atoms with van der Waals surface area (Å²) in [4.78, 5) is 16.7. The molecule has 0 aliphatic carbocycles. The monoisotopic (exact) mass is 370 g/mol. The molecule has 3 rings (SSSR count). The number of alkyl halides is 3. The number of benzene rings is 1. The minimum atomic E-state index is -4.63.